The molecule has 0 aliphatic carbocycles. The molecular formula is C21H29N3O3. The van der Waals surface area contributed by atoms with Crippen LogP contribution < -0.4 is 5.32 Å². The Morgan fingerprint density at radius 1 is 1.11 bits per heavy atom. The molecule has 146 valence electrons. The third-order valence-electron chi connectivity index (χ3n) is 4.19. The minimum atomic E-state index is -0.410. The van der Waals surface area contributed by atoms with E-state index in [0.29, 0.717) is 29.1 Å². The number of amides is 1. The number of ether oxygens (including phenoxy) is 1. The minimum absolute atomic E-state index is 0.209. The number of hydrogen-bond acceptors (Lipinski definition) is 4. The average molecular weight is 371 g/mol. The van der Waals surface area contributed by atoms with Gasteiger partial charge in [0.2, 0.25) is 0 Å². The maximum Gasteiger partial charge on any atom is 0.340 e. The first-order valence-electron chi connectivity index (χ1n) is 9.10. The fraction of sp³-hybridized carbons (Fsp3) is 0.429. The molecular weight excluding hydrogens is 342 g/mol. The zero-order valence-electron chi connectivity index (χ0n) is 17.0. The molecule has 1 amide bonds. The van der Waals surface area contributed by atoms with Crippen LogP contribution in [0.15, 0.2) is 24.3 Å². The van der Waals surface area contributed by atoms with E-state index in [1.165, 1.54) is 5.56 Å². The van der Waals surface area contributed by atoms with Crippen LogP contribution in [0.5, 0.6) is 0 Å². The molecule has 2 N–H and O–H groups in total. The number of carbonyl (C=O) groups is 2. The van der Waals surface area contributed by atoms with Crippen molar-refractivity contribution >= 4 is 11.9 Å². The van der Waals surface area contributed by atoms with E-state index in [1.807, 2.05) is 26.2 Å². The Bertz CT molecular complexity index is 805. The van der Waals surface area contributed by atoms with Crippen molar-refractivity contribution in [2.24, 2.45) is 0 Å². The summed E-state index contributed by atoms with van der Waals surface area (Å²) in [6, 6.07) is 8.14. The van der Waals surface area contributed by atoms with Crippen molar-refractivity contribution in [3.63, 3.8) is 0 Å². The van der Waals surface area contributed by atoms with E-state index < -0.39 is 5.97 Å². The van der Waals surface area contributed by atoms with Gasteiger partial charge in [-0.2, -0.15) is 0 Å². The molecule has 0 radical (unpaired) electrons. The number of aryl methyl sites for hydroxylation is 1. The Morgan fingerprint density at radius 3 is 2.26 bits per heavy atom. The van der Waals surface area contributed by atoms with Crippen molar-refractivity contribution in [1.82, 2.24) is 15.2 Å². The highest BCUT2D eigenvalue weighted by molar-refractivity contribution is 6.00. The number of esters is 1. The zero-order valence-corrected chi connectivity index (χ0v) is 17.0. The molecule has 27 heavy (non-hydrogen) atoms. The fourth-order valence-corrected chi connectivity index (χ4v) is 2.95. The summed E-state index contributed by atoms with van der Waals surface area (Å²) in [6.45, 7) is 8.42. The summed E-state index contributed by atoms with van der Waals surface area (Å²) in [5, 5.41) is 2.90. The third kappa shape index (κ3) is 5.44. The van der Waals surface area contributed by atoms with Crippen molar-refractivity contribution in [2.45, 2.75) is 46.9 Å². The van der Waals surface area contributed by atoms with Crippen LogP contribution in [0.1, 0.15) is 57.1 Å². The van der Waals surface area contributed by atoms with Gasteiger partial charge in [0, 0.05) is 18.8 Å². The smallest absolute Gasteiger partial charge is 0.340 e. The molecule has 0 unspecified atom stereocenters. The highest BCUT2D eigenvalue weighted by Gasteiger charge is 2.23. The molecule has 6 heteroatoms. The lowest BCUT2D eigenvalue weighted by Gasteiger charge is -2.10. The van der Waals surface area contributed by atoms with Gasteiger partial charge >= 0.3 is 5.97 Å². The van der Waals surface area contributed by atoms with E-state index in [2.05, 4.69) is 27.3 Å². The van der Waals surface area contributed by atoms with Gasteiger partial charge in [0.1, 0.15) is 5.69 Å². The molecule has 0 atom stereocenters. The Labute approximate surface area is 160 Å². The zero-order chi connectivity index (χ0) is 20.1. The summed E-state index contributed by atoms with van der Waals surface area (Å²) >= 11 is 0. The molecule has 2 rings (SSSR count). The third-order valence-corrected chi connectivity index (χ3v) is 4.19. The van der Waals surface area contributed by atoms with Crippen molar-refractivity contribution in [2.75, 3.05) is 14.1 Å². The number of benzene rings is 1. The van der Waals surface area contributed by atoms with Crippen LogP contribution in [0.3, 0.4) is 0 Å². The quantitative estimate of drug-likeness (QED) is 0.733. The summed E-state index contributed by atoms with van der Waals surface area (Å²) in [5.41, 5.74) is 4.31. The lowest BCUT2D eigenvalue weighted by molar-refractivity contribution is 0.0376. The SMILES string of the molecule is Cc1[nH]c(C(=O)NCc2ccc(CN(C)C)cc2)c(C)c1C(=O)OC(C)C. The molecule has 1 heterocycles. The molecule has 0 aliphatic rings. The van der Waals surface area contributed by atoms with Crippen LogP contribution in [0.4, 0.5) is 0 Å². The van der Waals surface area contributed by atoms with Gasteiger partial charge in [0.05, 0.1) is 11.7 Å². The molecule has 0 fully saturated rings. The number of aromatic amines is 1. The van der Waals surface area contributed by atoms with Crippen LogP contribution in [0.2, 0.25) is 0 Å². The number of H-pyrrole nitrogens is 1. The Balaban J connectivity index is 2.05. The lowest BCUT2D eigenvalue weighted by atomic mass is 10.1. The van der Waals surface area contributed by atoms with Gasteiger partial charge < -0.3 is 19.9 Å². The van der Waals surface area contributed by atoms with E-state index in [-0.39, 0.29) is 12.0 Å². The first-order chi connectivity index (χ1) is 12.7. The predicted octanol–water partition coefficient (Wildman–Crippen LogP) is 3.19. The molecule has 1 aromatic carbocycles. The van der Waals surface area contributed by atoms with Crippen molar-refractivity contribution in [3.05, 3.63) is 57.9 Å². The van der Waals surface area contributed by atoms with Gasteiger partial charge in [-0.15, -0.1) is 0 Å². The number of carbonyl (C=O) groups excluding carboxylic acids is 2. The van der Waals surface area contributed by atoms with Crippen LogP contribution in [0, 0.1) is 13.8 Å². The lowest BCUT2D eigenvalue weighted by Crippen LogP contribution is -2.24. The number of nitrogens with zero attached hydrogens (tertiary/aromatic N) is 1. The number of nitrogens with one attached hydrogen (secondary N) is 2. The average Bonchev–Trinajstić information content (AvgIpc) is 2.87. The minimum Gasteiger partial charge on any atom is -0.459 e. The predicted molar refractivity (Wildman–Crippen MR) is 106 cm³/mol. The Kier molecular flexibility index (Phi) is 6.80. The molecule has 0 spiro atoms. The second-order valence-electron chi connectivity index (χ2n) is 7.32. The van der Waals surface area contributed by atoms with Gasteiger partial charge in [0.25, 0.3) is 5.91 Å². The van der Waals surface area contributed by atoms with Crippen LogP contribution in [0.25, 0.3) is 0 Å². The fourth-order valence-electron chi connectivity index (χ4n) is 2.95. The maximum atomic E-state index is 12.6. The van der Waals surface area contributed by atoms with E-state index in [1.54, 1.807) is 27.7 Å². The molecule has 6 nitrogen and oxygen atoms in total. The van der Waals surface area contributed by atoms with Crippen molar-refractivity contribution in [1.29, 1.82) is 0 Å². The van der Waals surface area contributed by atoms with Gasteiger partial charge in [-0.25, -0.2) is 4.79 Å². The summed E-state index contributed by atoms with van der Waals surface area (Å²) in [6.07, 6.45) is -0.209. The largest absolute Gasteiger partial charge is 0.459 e. The van der Waals surface area contributed by atoms with Crippen LogP contribution >= 0.6 is 0 Å². The molecule has 0 saturated heterocycles. The van der Waals surface area contributed by atoms with Gasteiger partial charge in [-0.3, -0.25) is 4.79 Å². The molecule has 2 aromatic rings. The molecule has 0 saturated carbocycles. The summed E-state index contributed by atoms with van der Waals surface area (Å²) in [7, 11) is 4.06. The first kappa shape index (κ1) is 20.7. The summed E-state index contributed by atoms with van der Waals surface area (Å²) in [5.74, 6) is -0.650. The van der Waals surface area contributed by atoms with E-state index in [0.717, 1.165) is 12.1 Å². The van der Waals surface area contributed by atoms with E-state index in [9.17, 15) is 9.59 Å². The Morgan fingerprint density at radius 2 is 1.70 bits per heavy atom. The summed E-state index contributed by atoms with van der Waals surface area (Å²) in [4.78, 5) is 29.9. The van der Waals surface area contributed by atoms with Crippen LogP contribution in [-0.4, -0.2) is 42.0 Å². The second kappa shape index (κ2) is 8.86. The van der Waals surface area contributed by atoms with Crippen molar-refractivity contribution < 1.29 is 14.3 Å². The topological polar surface area (TPSA) is 74.4 Å². The Hall–Kier alpha value is -2.60. The van der Waals surface area contributed by atoms with E-state index in [4.69, 9.17) is 4.74 Å². The number of hydrogen-bond donors (Lipinski definition) is 2. The molecule has 0 aliphatic heterocycles. The van der Waals surface area contributed by atoms with Crippen LogP contribution in [-0.2, 0) is 17.8 Å². The number of rotatable bonds is 7. The highest BCUT2D eigenvalue weighted by Crippen LogP contribution is 2.20. The first-order valence-corrected chi connectivity index (χ1v) is 9.10. The van der Waals surface area contributed by atoms with Crippen molar-refractivity contribution in [3.8, 4) is 0 Å². The number of aromatic nitrogens is 1. The van der Waals surface area contributed by atoms with Gasteiger partial charge in [-0.1, -0.05) is 24.3 Å². The molecule has 0 bridgehead atoms. The maximum absolute atomic E-state index is 12.6. The normalized spacial score (nSPS) is 11.1. The van der Waals surface area contributed by atoms with E-state index >= 15 is 0 Å². The standard InChI is InChI=1S/C21H29N3O3/c1-13(2)27-21(26)18-14(3)19(23-15(18)4)20(25)22-11-16-7-9-17(10-8-16)12-24(5)6/h7-10,13,23H,11-12H2,1-6H3,(H,22,25). The van der Waals surface area contributed by atoms with Gasteiger partial charge in [-0.05, 0) is 58.5 Å². The second-order valence-corrected chi connectivity index (χ2v) is 7.32. The molecule has 1 aromatic heterocycles. The van der Waals surface area contributed by atoms with Gasteiger partial charge in [0.15, 0.2) is 0 Å². The highest BCUT2D eigenvalue weighted by atomic mass is 16.5. The monoisotopic (exact) mass is 371 g/mol. The summed E-state index contributed by atoms with van der Waals surface area (Å²) < 4.78 is 5.26.